The van der Waals surface area contributed by atoms with Gasteiger partial charge >= 0.3 is 0 Å². The van der Waals surface area contributed by atoms with Crippen molar-refractivity contribution < 1.29 is 18.4 Å². The maximum atomic E-state index is 13.3. The van der Waals surface area contributed by atoms with Crippen molar-refractivity contribution in [3.8, 4) is 0 Å². The molecular formula is C17H17F2N3O2. The molecule has 1 aromatic heterocycles. The SMILES string of the molecule is CC(=O)N(CCC(=O)NCc1ccccn1)c1ccc(F)c(F)c1. The molecule has 7 heteroatoms. The van der Waals surface area contributed by atoms with Crippen molar-refractivity contribution >= 4 is 17.5 Å². The highest BCUT2D eigenvalue weighted by molar-refractivity contribution is 5.92. The lowest BCUT2D eigenvalue weighted by atomic mass is 10.2. The number of pyridine rings is 1. The molecule has 0 fully saturated rings. The number of carbonyl (C=O) groups is 2. The summed E-state index contributed by atoms with van der Waals surface area (Å²) in [6.07, 6.45) is 1.66. The predicted octanol–water partition coefficient (Wildman–Crippen LogP) is 2.42. The lowest BCUT2D eigenvalue weighted by Crippen LogP contribution is -2.33. The Balaban J connectivity index is 1.92. The number of nitrogens with zero attached hydrogens (tertiary/aromatic N) is 2. The second kappa shape index (κ2) is 8.14. The number of halogens is 2. The van der Waals surface area contributed by atoms with Gasteiger partial charge in [0.15, 0.2) is 11.6 Å². The minimum atomic E-state index is -1.04. The van der Waals surface area contributed by atoms with Crippen molar-refractivity contribution in [2.24, 2.45) is 0 Å². The van der Waals surface area contributed by atoms with Crippen molar-refractivity contribution in [3.63, 3.8) is 0 Å². The zero-order chi connectivity index (χ0) is 17.5. The van der Waals surface area contributed by atoms with Crippen LogP contribution in [-0.4, -0.2) is 23.3 Å². The topological polar surface area (TPSA) is 62.3 Å². The van der Waals surface area contributed by atoms with Crippen LogP contribution in [0.25, 0.3) is 0 Å². The normalized spacial score (nSPS) is 10.3. The van der Waals surface area contributed by atoms with E-state index in [2.05, 4.69) is 10.3 Å². The zero-order valence-electron chi connectivity index (χ0n) is 13.1. The summed E-state index contributed by atoms with van der Waals surface area (Å²) in [5.41, 5.74) is 0.925. The Morgan fingerprint density at radius 1 is 1.17 bits per heavy atom. The number of hydrogen-bond donors (Lipinski definition) is 1. The second-order valence-electron chi connectivity index (χ2n) is 5.12. The Bertz CT molecular complexity index is 723. The molecule has 5 nitrogen and oxygen atoms in total. The standard InChI is InChI=1S/C17H17F2N3O2/c1-12(23)22(14-5-6-15(18)16(19)10-14)9-7-17(24)21-11-13-4-2-3-8-20-13/h2-6,8,10H,7,9,11H2,1H3,(H,21,24). The molecule has 2 rings (SSSR count). The highest BCUT2D eigenvalue weighted by Crippen LogP contribution is 2.18. The summed E-state index contributed by atoms with van der Waals surface area (Å²) in [6, 6.07) is 8.55. The fourth-order valence-corrected chi connectivity index (χ4v) is 2.11. The van der Waals surface area contributed by atoms with Gasteiger partial charge in [0.05, 0.1) is 12.2 Å². The maximum Gasteiger partial charge on any atom is 0.223 e. The molecule has 0 aliphatic heterocycles. The molecule has 24 heavy (non-hydrogen) atoms. The first-order valence-electron chi connectivity index (χ1n) is 7.37. The summed E-state index contributed by atoms with van der Waals surface area (Å²) < 4.78 is 26.3. The summed E-state index contributed by atoms with van der Waals surface area (Å²) in [4.78, 5) is 28.9. The molecule has 0 spiro atoms. The van der Waals surface area contributed by atoms with E-state index in [0.717, 1.165) is 17.8 Å². The van der Waals surface area contributed by atoms with Gasteiger partial charge in [0.2, 0.25) is 11.8 Å². The van der Waals surface area contributed by atoms with E-state index in [4.69, 9.17) is 0 Å². The van der Waals surface area contributed by atoms with Gasteiger partial charge in [-0.2, -0.15) is 0 Å². The van der Waals surface area contributed by atoms with Crippen LogP contribution in [-0.2, 0) is 16.1 Å². The van der Waals surface area contributed by atoms with Crippen LogP contribution < -0.4 is 10.2 Å². The third kappa shape index (κ3) is 4.84. The van der Waals surface area contributed by atoms with E-state index in [1.54, 1.807) is 18.3 Å². The fraction of sp³-hybridized carbons (Fsp3) is 0.235. The fourth-order valence-electron chi connectivity index (χ4n) is 2.11. The van der Waals surface area contributed by atoms with Gasteiger partial charge in [-0.3, -0.25) is 14.6 Å². The lowest BCUT2D eigenvalue weighted by molar-refractivity contribution is -0.121. The van der Waals surface area contributed by atoms with Crippen molar-refractivity contribution in [3.05, 3.63) is 59.9 Å². The van der Waals surface area contributed by atoms with Crippen molar-refractivity contribution in [1.82, 2.24) is 10.3 Å². The third-order valence-corrected chi connectivity index (χ3v) is 3.35. The van der Waals surface area contributed by atoms with Crippen LogP contribution in [0.2, 0.25) is 0 Å². The summed E-state index contributed by atoms with van der Waals surface area (Å²) in [6.45, 7) is 1.65. The molecule has 0 aliphatic rings. The first kappa shape index (κ1) is 17.5. The quantitative estimate of drug-likeness (QED) is 0.883. The molecule has 2 amide bonds. The van der Waals surface area contributed by atoms with Crippen molar-refractivity contribution in [2.75, 3.05) is 11.4 Å². The average Bonchev–Trinajstić information content (AvgIpc) is 2.57. The number of hydrogen-bond acceptors (Lipinski definition) is 3. The lowest BCUT2D eigenvalue weighted by Gasteiger charge is -2.21. The van der Waals surface area contributed by atoms with Crippen LogP contribution in [0, 0.1) is 11.6 Å². The van der Waals surface area contributed by atoms with Gasteiger partial charge in [0.25, 0.3) is 0 Å². The molecule has 1 N–H and O–H groups in total. The predicted molar refractivity (Wildman–Crippen MR) is 85.1 cm³/mol. The van der Waals surface area contributed by atoms with E-state index in [9.17, 15) is 18.4 Å². The minimum Gasteiger partial charge on any atom is -0.350 e. The Labute approximate surface area is 138 Å². The van der Waals surface area contributed by atoms with E-state index in [1.807, 2.05) is 6.07 Å². The summed E-state index contributed by atoms with van der Waals surface area (Å²) >= 11 is 0. The number of rotatable bonds is 6. The first-order valence-corrected chi connectivity index (χ1v) is 7.37. The Hall–Kier alpha value is -2.83. The van der Waals surface area contributed by atoms with Crippen molar-refractivity contribution in [1.29, 1.82) is 0 Å². The number of nitrogens with one attached hydrogen (secondary N) is 1. The highest BCUT2D eigenvalue weighted by atomic mass is 19.2. The van der Waals surface area contributed by atoms with Gasteiger partial charge < -0.3 is 10.2 Å². The zero-order valence-corrected chi connectivity index (χ0v) is 13.1. The van der Waals surface area contributed by atoms with E-state index >= 15 is 0 Å². The van der Waals surface area contributed by atoms with Crippen LogP contribution in [0.5, 0.6) is 0 Å². The van der Waals surface area contributed by atoms with Crippen molar-refractivity contribution in [2.45, 2.75) is 19.9 Å². The number of carbonyl (C=O) groups excluding carboxylic acids is 2. The van der Waals surface area contributed by atoms with Gasteiger partial charge in [-0.1, -0.05) is 6.07 Å². The number of aromatic nitrogens is 1. The molecule has 0 atom stereocenters. The van der Waals surface area contributed by atoms with Crippen LogP contribution in [0.1, 0.15) is 19.0 Å². The highest BCUT2D eigenvalue weighted by Gasteiger charge is 2.15. The molecule has 1 aromatic carbocycles. The smallest absolute Gasteiger partial charge is 0.223 e. The van der Waals surface area contributed by atoms with Gasteiger partial charge in [0, 0.05) is 37.8 Å². The minimum absolute atomic E-state index is 0.0331. The van der Waals surface area contributed by atoms with E-state index in [0.29, 0.717) is 0 Å². The molecular weight excluding hydrogens is 316 g/mol. The summed E-state index contributed by atoms with van der Waals surface area (Å²) in [7, 11) is 0. The largest absolute Gasteiger partial charge is 0.350 e. The van der Waals surface area contributed by atoms with Crippen LogP contribution in [0.3, 0.4) is 0 Å². The van der Waals surface area contributed by atoms with Gasteiger partial charge in [-0.25, -0.2) is 8.78 Å². The monoisotopic (exact) mass is 333 g/mol. The van der Waals surface area contributed by atoms with Gasteiger partial charge in [0.1, 0.15) is 0 Å². The van der Waals surface area contributed by atoms with Crippen LogP contribution in [0.4, 0.5) is 14.5 Å². The molecule has 0 saturated carbocycles. The molecule has 1 heterocycles. The van der Waals surface area contributed by atoms with Gasteiger partial charge in [-0.05, 0) is 24.3 Å². The van der Waals surface area contributed by atoms with E-state index < -0.39 is 11.6 Å². The molecule has 2 aromatic rings. The molecule has 0 bridgehead atoms. The number of anilines is 1. The van der Waals surface area contributed by atoms with Crippen LogP contribution >= 0.6 is 0 Å². The summed E-state index contributed by atoms with van der Waals surface area (Å²) in [5, 5.41) is 2.69. The Kier molecular flexibility index (Phi) is 5.95. The molecule has 0 saturated heterocycles. The maximum absolute atomic E-state index is 13.3. The first-order chi connectivity index (χ1) is 11.5. The third-order valence-electron chi connectivity index (χ3n) is 3.35. The summed E-state index contributed by atoms with van der Waals surface area (Å²) in [5.74, 6) is -2.67. The molecule has 0 aliphatic carbocycles. The Morgan fingerprint density at radius 3 is 2.58 bits per heavy atom. The molecule has 0 unspecified atom stereocenters. The number of amides is 2. The van der Waals surface area contributed by atoms with Crippen LogP contribution in [0.15, 0.2) is 42.6 Å². The van der Waals surface area contributed by atoms with E-state index in [-0.39, 0.29) is 37.0 Å². The van der Waals surface area contributed by atoms with E-state index in [1.165, 1.54) is 17.9 Å². The van der Waals surface area contributed by atoms with Gasteiger partial charge in [-0.15, -0.1) is 0 Å². The number of benzene rings is 1. The molecule has 126 valence electrons. The molecule has 0 radical (unpaired) electrons. The Morgan fingerprint density at radius 2 is 1.96 bits per heavy atom. The second-order valence-corrected chi connectivity index (χ2v) is 5.12. The average molecular weight is 333 g/mol.